The van der Waals surface area contributed by atoms with Crippen molar-refractivity contribution in [3.8, 4) is 0 Å². The highest BCUT2D eigenvalue weighted by Gasteiger charge is 2.41. The van der Waals surface area contributed by atoms with Crippen molar-refractivity contribution in [2.45, 2.75) is 57.7 Å². The Morgan fingerprint density at radius 3 is 2.83 bits per heavy atom. The number of imidazole rings is 1. The normalized spacial score (nSPS) is 19.9. The molecule has 2 unspecified atom stereocenters. The molecule has 0 radical (unpaired) electrons. The number of nitrogens with one attached hydrogen (secondary N) is 3. The Kier molecular flexibility index (Phi) is 5.07. The lowest BCUT2D eigenvalue weighted by atomic mass is 9.94. The molecule has 2 atom stereocenters. The molecule has 1 saturated heterocycles. The number of hydrogen-bond donors (Lipinski definition) is 3. The van der Waals surface area contributed by atoms with Crippen LogP contribution in [0.2, 0.25) is 5.02 Å². The van der Waals surface area contributed by atoms with Gasteiger partial charge < -0.3 is 20.0 Å². The van der Waals surface area contributed by atoms with Crippen molar-refractivity contribution in [1.82, 2.24) is 19.9 Å². The summed E-state index contributed by atoms with van der Waals surface area (Å²) < 4.78 is 5.66. The van der Waals surface area contributed by atoms with Gasteiger partial charge in [-0.2, -0.15) is 0 Å². The smallest absolute Gasteiger partial charge is 0.411 e. The second-order valence-electron chi connectivity index (χ2n) is 10.4. The van der Waals surface area contributed by atoms with Gasteiger partial charge in [0, 0.05) is 28.8 Å². The number of hydrogen-bond acceptors (Lipinski definition) is 4. The fourth-order valence-electron chi connectivity index (χ4n) is 5.24. The average Bonchev–Trinajstić information content (AvgIpc) is 3.47. The maximum absolute atomic E-state index is 12.8. The molecular weight excluding hydrogens is 462 g/mol. The van der Waals surface area contributed by atoms with Gasteiger partial charge >= 0.3 is 6.09 Å². The molecule has 0 spiro atoms. The molecule has 2 aliphatic heterocycles. The van der Waals surface area contributed by atoms with Gasteiger partial charge in [0.05, 0.1) is 22.1 Å². The van der Waals surface area contributed by atoms with E-state index < -0.39 is 5.60 Å². The molecule has 3 N–H and O–H groups in total. The number of benzene rings is 2. The maximum Gasteiger partial charge on any atom is 0.411 e. The minimum atomic E-state index is -0.490. The van der Waals surface area contributed by atoms with Crippen LogP contribution in [0.4, 0.5) is 16.4 Å². The van der Waals surface area contributed by atoms with Gasteiger partial charge in [-0.3, -0.25) is 4.90 Å². The summed E-state index contributed by atoms with van der Waals surface area (Å²) in [6.07, 6.45) is 6.70. The summed E-state index contributed by atoms with van der Waals surface area (Å²) in [6, 6.07) is 12.4. The number of ether oxygens (including phenoxy) is 1. The molecule has 35 heavy (non-hydrogen) atoms. The summed E-state index contributed by atoms with van der Waals surface area (Å²) in [7, 11) is 0. The first-order valence-electron chi connectivity index (χ1n) is 12.0. The molecule has 2 aromatic heterocycles. The van der Waals surface area contributed by atoms with E-state index in [2.05, 4.69) is 33.5 Å². The van der Waals surface area contributed by atoms with E-state index in [9.17, 15) is 4.79 Å². The number of amides is 1. The molecule has 0 saturated carbocycles. The van der Waals surface area contributed by atoms with E-state index in [0.29, 0.717) is 11.0 Å². The Morgan fingerprint density at radius 1 is 1.17 bits per heavy atom. The number of nitrogens with zero attached hydrogens (tertiary/aromatic N) is 2. The third-order valence-corrected chi connectivity index (χ3v) is 7.05. The fourth-order valence-corrected chi connectivity index (χ4v) is 5.52. The van der Waals surface area contributed by atoms with Crippen LogP contribution < -0.4 is 5.32 Å². The maximum atomic E-state index is 12.8. The first kappa shape index (κ1) is 22.0. The topological polar surface area (TPSA) is 86.0 Å². The van der Waals surface area contributed by atoms with Crippen LogP contribution in [0.25, 0.3) is 27.5 Å². The van der Waals surface area contributed by atoms with Crippen molar-refractivity contribution in [3.05, 3.63) is 59.3 Å². The number of aromatic amines is 2. The zero-order valence-corrected chi connectivity index (χ0v) is 20.7. The fraction of sp³-hybridized carbons (Fsp3) is 0.333. The molecule has 0 aliphatic carbocycles. The molecule has 2 bridgehead atoms. The van der Waals surface area contributed by atoms with Crippen LogP contribution in [-0.2, 0) is 4.74 Å². The third-order valence-electron chi connectivity index (χ3n) is 6.73. The van der Waals surface area contributed by atoms with Crippen molar-refractivity contribution in [1.29, 1.82) is 0 Å². The first-order chi connectivity index (χ1) is 16.7. The minimum Gasteiger partial charge on any atom is -0.444 e. The summed E-state index contributed by atoms with van der Waals surface area (Å²) in [5, 5.41) is 5.01. The van der Waals surface area contributed by atoms with Gasteiger partial charge in [-0.05, 0) is 81.5 Å². The molecule has 2 aliphatic rings. The quantitative estimate of drug-likeness (QED) is 0.289. The summed E-state index contributed by atoms with van der Waals surface area (Å²) >= 11 is 6.42. The molecule has 1 fully saturated rings. The highest BCUT2D eigenvalue weighted by Crippen LogP contribution is 2.40. The van der Waals surface area contributed by atoms with Crippen molar-refractivity contribution >= 4 is 56.8 Å². The number of carbonyl (C=O) groups is 1. The van der Waals surface area contributed by atoms with Gasteiger partial charge in [0.15, 0.2) is 0 Å². The van der Waals surface area contributed by atoms with Crippen LogP contribution in [0.3, 0.4) is 0 Å². The van der Waals surface area contributed by atoms with Gasteiger partial charge in [-0.1, -0.05) is 23.7 Å². The van der Waals surface area contributed by atoms with E-state index >= 15 is 0 Å². The zero-order valence-electron chi connectivity index (χ0n) is 20.0. The van der Waals surface area contributed by atoms with Crippen molar-refractivity contribution < 1.29 is 9.53 Å². The number of halogens is 1. The lowest BCUT2D eigenvalue weighted by Crippen LogP contribution is -2.45. The number of carbonyl (C=O) groups excluding carboxylic acids is 1. The first-order valence-corrected chi connectivity index (χ1v) is 12.4. The molecule has 180 valence electrons. The van der Waals surface area contributed by atoms with Crippen LogP contribution in [0.1, 0.15) is 45.6 Å². The predicted octanol–water partition coefficient (Wildman–Crippen LogP) is 7.00. The van der Waals surface area contributed by atoms with Crippen LogP contribution in [0, 0.1) is 0 Å². The van der Waals surface area contributed by atoms with Crippen LogP contribution in [0.5, 0.6) is 0 Å². The highest BCUT2D eigenvalue weighted by molar-refractivity contribution is 6.35. The SMILES string of the molecule is CC(C)(C)OC(=O)N1C2C=C(c3ccc4nc(Nc5cc(Cl)c6cc[nH]c6c5)[nH]c4c3)CC1CC2. The number of anilines is 2. The summed E-state index contributed by atoms with van der Waals surface area (Å²) in [5.41, 5.74) is 5.61. The van der Waals surface area contributed by atoms with Crippen molar-refractivity contribution in [2.24, 2.45) is 0 Å². The van der Waals surface area contributed by atoms with E-state index in [0.717, 1.165) is 52.4 Å². The van der Waals surface area contributed by atoms with Gasteiger partial charge in [0.2, 0.25) is 5.95 Å². The Bertz CT molecular complexity index is 1480. The minimum absolute atomic E-state index is 0.0842. The predicted molar refractivity (Wildman–Crippen MR) is 140 cm³/mol. The van der Waals surface area contributed by atoms with E-state index in [1.54, 1.807) is 0 Å². The standard InChI is InChI=1S/C27H28ClN5O2/c1-27(2,3)35-26(34)33-18-5-6-19(33)11-16(10-18)15-4-7-22-24(12-15)32-25(31-22)30-17-13-21(28)20-8-9-29-23(20)14-17/h4,7-10,12-14,18-19,29H,5-6,11H2,1-3H3,(H2,30,31,32). The zero-order chi connectivity index (χ0) is 24.3. The Morgan fingerprint density at radius 2 is 2.03 bits per heavy atom. The third kappa shape index (κ3) is 4.14. The van der Waals surface area contributed by atoms with E-state index in [4.69, 9.17) is 21.3 Å². The number of aromatic nitrogens is 3. The number of H-pyrrole nitrogens is 2. The second kappa shape index (κ2) is 8.05. The lowest BCUT2D eigenvalue weighted by molar-refractivity contribution is 0.0175. The summed E-state index contributed by atoms with van der Waals surface area (Å²) in [6.45, 7) is 5.73. The van der Waals surface area contributed by atoms with E-state index in [1.807, 2.05) is 56.1 Å². The summed E-state index contributed by atoms with van der Waals surface area (Å²) in [4.78, 5) is 26.0. The molecular formula is C27H28ClN5O2. The molecule has 8 heteroatoms. The molecule has 4 aromatic rings. The van der Waals surface area contributed by atoms with Crippen LogP contribution in [0.15, 0.2) is 48.7 Å². The van der Waals surface area contributed by atoms with Crippen molar-refractivity contribution in [2.75, 3.05) is 5.32 Å². The van der Waals surface area contributed by atoms with Crippen molar-refractivity contribution in [3.63, 3.8) is 0 Å². The number of rotatable bonds is 3. The average molecular weight is 490 g/mol. The van der Waals surface area contributed by atoms with Gasteiger partial charge in [-0.25, -0.2) is 9.78 Å². The summed E-state index contributed by atoms with van der Waals surface area (Å²) in [5.74, 6) is 0.660. The number of fused-ring (bicyclic) bond motifs is 4. The van der Waals surface area contributed by atoms with E-state index in [1.165, 1.54) is 5.57 Å². The Hall–Kier alpha value is -3.45. The van der Waals surface area contributed by atoms with Gasteiger partial charge in [0.1, 0.15) is 5.60 Å². The molecule has 4 heterocycles. The van der Waals surface area contributed by atoms with Gasteiger partial charge in [-0.15, -0.1) is 0 Å². The molecule has 2 aromatic carbocycles. The van der Waals surface area contributed by atoms with Crippen LogP contribution in [-0.4, -0.2) is 43.6 Å². The second-order valence-corrected chi connectivity index (χ2v) is 10.8. The largest absolute Gasteiger partial charge is 0.444 e. The molecule has 6 rings (SSSR count). The van der Waals surface area contributed by atoms with Crippen LogP contribution >= 0.6 is 11.6 Å². The highest BCUT2D eigenvalue weighted by atomic mass is 35.5. The monoisotopic (exact) mass is 489 g/mol. The van der Waals surface area contributed by atoms with E-state index in [-0.39, 0.29) is 18.2 Å². The van der Waals surface area contributed by atoms with Gasteiger partial charge in [0.25, 0.3) is 0 Å². The molecule has 1 amide bonds. The lowest BCUT2D eigenvalue weighted by Gasteiger charge is -2.35. The molecule has 7 nitrogen and oxygen atoms in total. The Labute approximate surface area is 208 Å². The Balaban J connectivity index is 1.24.